The minimum Gasteiger partial charge on any atom is -0.427 e. The summed E-state index contributed by atoms with van der Waals surface area (Å²) in [6.45, 7) is 5.19. The molecule has 0 aliphatic carbocycles. The Morgan fingerprint density at radius 2 is 1.93 bits per heavy atom. The van der Waals surface area contributed by atoms with Gasteiger partial charge in [0.25, 0.3) is 5.91 Å². The van der Waals surface area contributed by atoms with Gasteiger partial charge in [0.15, 0.2) is 0 Å². The molecule has 0 spiro atoms. The summed E-state index contributed by atoms with van der Waals surface area (Å²) < 4.78 is 5.44. The van der Waals surface area contributed by atoms with Gasteiger partial charge in [0.1, 0.15) is 11.3 Å². The van der Waals surface area contributed by atoms with E-state index in [4.69, 9.17) is 4.42 Å². The summed E-state index contributed by atoms with van der Waals surface area (Å²) in [4.78, 5) is 29.6. The van der Waals surface area contributed by atoms with Gasteiger partial charge in [-0.1, -0.05) is 30.3 Å². The second kappa shape index (κ2) is 9.85. The van der Waals surface area contributed by atoms with Gasteiger partial charge in [0, 0.05) is 38.6 Å². The zero-order valence-electron chi connectivity index (χ0n) is 17.6. The van der Waals surface area contributed by atoms with Gasteiger partial charge in [-0.2, -0.15) is 0 Å². The maximum Gasteiger partial charge on any atom is 0.349 e. The number of amides is 1. The number of hydrogen-bond acceptors (Lipinski definition) is 5. The van der Waals surface area contributed by atoms with Crippen LogP contribution in [0.4, 0.5) is 0 Å². The van der Waals surface area contributed by atoms with Crippen LogP contribution < -0.4 is 10.9 Å². The summed E-state index contributed by atoms with van der Waals surface area (Å²) in [6, 6.07) is 12.3. The lowest BCUT2D eigenvalue weighted by atomic mass is 10.1. The Morgan fingerprint density at radius 3 is 2.66 bits per heavy atom. The molecule has 1 amide bonds. The van der Waals surface area contributed by atoms with Crippen LogP contribution in [0, 0.1) is 6.92 Å². The molecule has 0 radical (unpaired) electrons. The van der Waals surface area contributed by atoms with E-state index in [9.17, 15) is 9.59 Å². The van der Waals surface area contributed by atoms with Crippen LogP contribution in [0.5, 0.6) is 0 Å². The summed E-state index contributed by atoms with van der Waals surface area (Å²) in [5, 5.41) is 2.92. The van der Waals surface area contributed by atoms with Crippen molar-refractivity contribution in [1.82, 2.24) is 15.1 Å². The molecule has 1 unspecified atom stereocenters. The van der Waals surface area contributed by atoms with Gasteiger partial charge in [0.2, 0.25) is 0 Å². The fourth-order valence-corrected chi connectivity index (χ4v) is 3.80. The average Bonchev–Trinajstić information content (AvgIpc) is 2.69. The van der Waals surface area contributed by atoms with E-state index in [0.29, 0.717) is 24.3 Å². The fourth-order valence-electron chi connectivity index (χ4n) is 3.80. The van der Waals surface area contributed by atoms with E-state index < -0.39 is 5.63 Å². The third-order valence-electron chi connectivity index (χ3n) is 5.64. The van der Waals surface area contributed by atoms with E-state index in [1.807, 2.05) is 24.3 Å². The molecule has 2 aromatic rings. The zero-order valence-corrected chi connectivity index (χ0v) is 17.6. The van der Waals surface area contributed by atoms with Gasteiger partial charge >= 0.3 is 5.63 Å². The van der Waals surface area contributed by atoms with Gasteiger partial charge < -0.3 is 14.6 Å². The lowest BCUT2D eigenvalue weighted by Gasteiger charge is -2.37. The van der Waals surface area contributed by atoms with Crippen molar-refractivity contribution in [3.05, 3.63) is 69.3 Å². The summed E-state index contributed by atoms with van der Waals surface area (Å²) in [5.41, 5.74) is 1.50. The summed E-state index contributed by atoms with van der Waals surface area (Å²) >= 11 is 0. The first kappa shape index (κ1) is 21.3. The van der Waals surface area contributed by atoms with Gasteiger partial charge in [-0.05, 0) is 51.1 Å². The van der Waals surface area contributed by atoms with E-state index in [0.717, 1.165) is 32.5 Å². The molecule has 1 atom stereocenters. The van der Waals surface area contributed by atoms with Crippen LogP contribution >= 0.6 is 0 Å². The molecule has 1 aromatic carbocycles. The predicted octanol–water partition coefficient (Wildman–Crippen LogP) is 2.10. The van der Waals surface area contributed by atoms with Crippen LogP contribution in [0.2, 0.25) is 0 Å². The Labute approximate surface area is 172 Å². The second-order valence-corrected chi connectivity index (χ2v) is 8.00. The third-order valence-corrected chi connectivity index (χ3v) is 5.64. The Balaban J connectivity index is 1.58. The molecular formula is C23H31N3O3. The maximum absolute atomic E-state index is 12.6. The first-order valence-corrected chi connectivity index (χ1v) is 10.3. The molecule has 2 heterocycles. The first-order chi connectivity index (χ1) is 13.9. The standard InChI is InChI=1S/C23H31N3O3/c1-17-14-20(11-7-10-18-8-5-4-6-9-18)29-23(28)21(17)22(27)24-15-19-16-25(2)12-13-26(19)3/h4-6,8-9,14,19H,7,10-13,15-16H2,1-3H3,(H,24,27). The molecule has 1 saturated heterocycles. The van der Waals surface area contributed by atoms with Crippen LogP contribution in [0.1, 0.15) is 33.7 Å². The van der Waals surface area contributed by atoms with E-state index >= 15 is 0 Å². The smallest absolute Gasteiger partial charge is 0.349 e. The topological polar surface area (TPSA) is 65.8 Å². The molecule has 6 nitrogen and oxygen atoms in total. The van der Waals surface area contributed by atoms with E-state index in [-0.39, 0.29) is 17.5 Å². The van der Waals surface area contributed by atoms with Gasteiger partial charge in [-0.25, -0.2) is 4.79 Å². The Morgan fingerprint density at radius 1 is 1.17 bits per heavy atom. The zero-order chi connectivity index (χ0) is 20.8. The van der Waals surface area contributed by atoms with Crippen molar-refractivity contribution in [2.24, 2.45) is 0 Å². The molecule has 1 N–H and O–H groups in total. The van der Waals surface area contributed by atoms with Crippen molar-refractivity contribution in [3.63, 3.8) is 0 Å². The average molecular weight is 398 g/mol. The molecule has 156 valence electrons. The number of carbonyl (C=O) groups is 1. The van der Waals surface area contributed by atoms with Crippen molar-refractivity contribution >= 4 is 5.91 Å². The molecule has 1 aromatic heterocycles. The highest BCUT2D eigenvalue weighted by molar-refractivity contribution is 5.95. The molecule has 3 rings (SSSR count). The molecular weight excluding hydrogens is 366 g/mol. The second-order valence-electron chi connectivity index (χ2n) is 8.00. The maximum atomic E-state index is 12.6. The summed E-state index contributed by atoms with van der Waals surface area (Å²) in [6.07, 6.45) is 2.49. The van der Waals surface area contributed by atoms with Crippen molar-refractivity contribution in [2.45, 2.75) is 32.2 Å². The lowest BCUT2D eigenvalue weighted by molar-refractivity contribution is 0.0877. The van der Waals surface area contributed by atoms with E-state index in [2.05, 4.69) is 41.3 Å². The van der Waals surface area contributed by atoms with Gasteiger partial charge in [-0.15, -0.1) is 0 Å². The highest BCUT2D eigenvalue weighted by atomic mass is 16.4. The number of aryl methyl sites for hydroxylation is 3. The SMILES string of the molecule is Cc1cc(CCCc2ccccc2)oc(=O)c1C(=O)NCC1CN(C)CCN1C. The predicted molar refractivity (Wildman–Crippen MR) is 114 cm³/mol. The minimum atomic E-state index is -0.550. The first-order valence-electron chi connectivity index (χ1n) is 10.3. The number of benzene rings is 1. The number of likely N-dealkylation sites (N-methyl/N-ethyl adjacent to an activating group) is 2. The molecule has 1 aliphatic heterocycles. The van der Waals surface area contributed by atoms with Crippen LogP contribution in [-0.4, -0.2) is 62.0 Å². The minimum absolute atomic E-state index is 0.114. The van der Waals surface area contributed by atoms with Gasteiger partial charge in [0.05, 0.1) is 0 Å². The molecule has 29 heavy (non-hydrogen) atoms. The molecule has 1 aliphatic rings. The Kier molecular flexibility index (Phi) is 7.23. The van der Waals surface area contributed by atoms with E-state index in [1.54, 1.807) is 6.92 Å². The quantitative estimate of drug-likeness (QED) is 0.775. The van der Waals surface area contributed by atoms with Crippen molar-refractivity contribution in [2.75, 3.05) is 40.3 Å². The van der Waals surface area contributed by atoms with Crippen LogP contribution in [0.15, 0.2) is 45.6 Å². The summed E-state index contributed by atoms with van der Waals surface area (Å²) in [7, 11) is 4.14. The Bertz CT molecular complexity index is 879. The number of carbonyl (C=O) groups excluding carboxylic acids is 1. The number of nitrogens with one attached hydrogen (secondary N) is 1. The summed E-state index contributed by atoms with van der Waals surface area (Å²) in [5.74, 6) is 0.280. The third kappa shape index (κ3) is 5.78. The molecule has 0 saturated carbocycles. The highest BCUT2D eigenvalue weighted by Gasteiger charge is 2.24. The largest absolute Gasteiger partial charge is 0.427 e. The van der Waals surface area contributed by atoms with Crippen molar-refractivity contribution in [1.29, 1.82) is 0 Å². The fraction of sp³-hybridized carbons (Fsp3) is 0.478. The Hall–Kier alpha value is -2.44. The van der Waals surface area contributed by atoms with Crippen LogP contribution in [0.3, 0.4) is 0 Å². The number of nitrogens with zero attached hydrogens (tertiary/aromatic N) is 2. The lowest BCUT2D eigenvalue weighted by Crippen LogP contribution is -2.54. The molecule has 0 bridgehead atoms. The van der Waals surface area contributed by atoms with E-state index in [1.165, 1.54) is 5.56 Å². The monoisotopic (exact) mass is 397 g/mol. The van der Waals surface area contributed by atoms with Crippen LogP contribution in [0.25, 0.3) is 0 Å². The number of rotatable bonds is 7. The normalized spacial score (nSPS) is 18.0. The highest BCUT2D eigenvalue weighted by Crippen LogP contribution is 2.12. The van der Waals surface area contributed by atoms with Crippen molar-refractivity contribution in [3.8, 4) is 0 Å². The van der Waals surface area contributed by atoms with Crippen molar-refractivity contribution < 1.29 is 9.21 Å². The van der Waals surface area contributed by atoms with Gasteiger partial charge in [-0.3, -0.25) is 9.69 Å². The van der Waals surface area contributed by atoms with Crippen LogP contribution in [-0.2, 0) is 12.8 Å². The number of piperazine rings is 1. The number of hydrogen-bond donors (Lipinski definition) is 1. The molecule has 1 fully saturated rings. The molecule has 6 heteroatoms.